The molecular weight excluding hydrogens is 388 g/mol. The maximum absolute atomic E-state index is 12.4. The van der Waals surface area contributed by atoms with E-state index in [9.17, 15) is 4.79 Å². The van der Waals surface area contributed by atoms with E-state index in [-0.39, 0.29) is 17.5 Å². The number of carbonyl (C=O) groups excluding carboxylic acids is 1. The molecule has 0 aliphatic carbocycles. The summed E-state index contributed by atoms with van der Waals surface area (Å²) in [7, 11) is 1.85. The molecule has 1 amide bonds. The van der Waals surface area contributed by atoms with Crippen LogP contribution in [0.4, 0.5) is 0 Å². The predicted molar refractivity (Wildman–Crippen MR) is 127 cm³/mol. The van der Waals surface area contributed by atoms with Gasteiger partial charge in [-0.15, -0.1) is 0 Å². The largest absolute Gasteiger partial charge is 0.354 e. The maximum Gasteiger partial charge on any atom is 0.236 e. The molecule has 2 N–H and O–H groups in total. The Kier molecular flexibility index (Phi) is 8.32. The average molecular weight is 429 g/mol. The van der Waals surface area contributed by atoms with Gasteiger partial charge < -0.3 is 20.4 Å². The number of carbonyl (C=O) groups is 1. The number of guanidine groups is 1. The smallest absolute Gasteiger partial charge is 0.236 e. The molecule has 2 aliphatic rings. The van der Waals surface area contributed by atoms with Gasteiger partial charge in [-0.1, -0.05) is 30.3 Å². The van der Waals surface area contributed by atoms with E-state index in [0.717, 1.165) is 64.6 Å². The Morgan fingerprint density at radius 3 is 2.29 bits per heavy atom. The summed E-state index contributed by atoms with van der Waals surface area (Å²) in [5.41, 5.74) is 1.20. The standard InChI is InChI=1S/C24H40N6O/c1-20(21-10-6-5-7-11-21)27-24(2,3)19-26-23(25-4)30-16-14-28(15-17-30)18-22(31)29-12-8-9-13-29/h5-7,10-11,20,27H,8-9,12-19H2,1-4H3,(H,25,26). The Balaban J connectivity index is 1.43. The number of piperazine rings is 1. The molecule has 1 aromatic rings. The summed E-state index contributed by atoms with van der Waals surface area (Å²) in [6, 6.07) is 10.8. The zero-order chi connectivity index (χ0) is 22.3. The Hall–Kier alpha value is -2.12. The summed E-state index contributed by atoms with van der Waals surface area (Å²) in [5, 5.41) is 7.28. The Morgan fingerprint density at radius 2 is 1.68 bits per heavy atom. The number of rotatable bonds is 7. The molecule has 0 aromatic heterocycles. The lowest BCUT2D eigenvalue weighted by Crippen LogP contribution is -2.57. The van der Waals surface area contributed by atoms with Gasteiger partial charge in [-0.05, 0) is 39.2 Å². The van der Waals surface area contributed by atoms with Gasteiger partial charge in [0.25, 0.3) is 0 Å². The first-order valence-electron chi connectivity index (χ1n) is 11.7. The fourth-order valence-electron chi connectivity index (χ4n) is 4.47. The predicted octanol–water partition coefficient (Wildman–Crippen LogP) is 1.93. The summed E-state index contributed by atoms with van der Waals surface area (Å²) in [6.07, 6.45) is 2.30. The van der Waals surface area contributed by atoms with E-state index in [1.807, 2.05) is 11.9 Å². The molecule has 2 aliphatic heterocycles. The van der Waals surface area contributed by atoms with Crippen LogP contribution in [-0.4, -0.2) is 91.5 Å². The van der Waals surface area contributed by atoms with Gasteiger partial charge in [0.1, 0.15) is 0 Å². The first-order chi connectivity index (χ1) is 14.9. The van der Waals surface area contributed by atoms with Crippen molar-refractivity contribution in [3.05, 3.63) is 35.9 Å². The van der Waals surface area contributed by atoms with E-state index in [2.05, 4.69) is 76.5 Å². The van der Waals surface area contributed by atoms with E-state index < -0.39 is 0 Å². The molecule has 0 spiro atoms. The molecule has 0 radical (unpaired) electrons. The average Bonchev–Trinajstić information content (AvgIpc) is 3.31. The molecule has 2 fully saturated rings. The van der Waals surface area contributed by atoms with E-state index in [4.69, 9.17) is 0 Å². The highest BCUT2D eigenvalue weighted by Gasteiger charge is 2.26. The molecule has 1 aromatic carbocycles. The summed E-state index contributed by atoms with van der Waals surface area (Å²) >= 11 is 0. The molecular formula is C24H40N6O. The number of amides is 1. The van der Waals surface area contributed by atoms with E-state index in [1.54, 1.807) is 0 Å². The number of nitrogens with zero attached hydrogens (tertiary/aromatic N) is 4. The SMILES string of the molecule is CN=C(NCC(C)(C)NC(C)c1ccccc1)N1CCN(CC(=O)N2CCCC2)CC1. The van der Waals surface area contributed by atoms with Gasteiger partial charge in [0, 0.05) is 64.4 Å². The monoisotopic (exact) mass is 428 g/mol. The fourth-order valence-corrected chi connectivity index (χ4v) is 4.47. The number of likely N-dealkylation sites (tertiary alicyclic amines) is 1. The first-order valence-corrected chi connectivity index (χ1v) is 11.7. The van der Waals surface area contributed by atoms with Crippen LogP contribution in [-0.2, 0) is 4.79 Å². The molecule has 1 unspecified atom stereocenters. The quantitative estimate of drug-likeness (QED) is 0.513. The highest BCUT2D eigenvalue weighted by Crippen LogP contribution is 2.16. The van der Waals surface area contributed by atoms with Gasteiger partial charge in [-0.25, -0.2) is 0 Å². The Morgan fingerprint density at radius 1 is 1.03 bits per heavy atom. The molecule has 2 heterocycles. The highest BCUT2D eigenvalue weighted by atomic mass is 16.2. The van der Waals surface area contributed by atoms with Crippen LogP contribution in [0.5, 0.6) is 0 Å². The number of aliphatic imine (C=N–C) groups is 1. The van der Waals surface area contributed by atoms with Crippen molar-refractivity contribution in [1.29, 1.82) is 0 Å². The van der Waals surface area contributed by atoms with E-state index >= 15 is 0 Å². The van der Waals surface area contributed by atoms with Crippen molar-refractivity contribution in [3.63, 3.8) is 0 Å². The van der Waals surface area contributed by atoms with Crippen LogP contribution < -0.4 is 10.6 Å². The normalized spacial score (nSPS) is 19.5. The van der Waals surface area contributed by atoms with Crippen LogP contribution in [0.3, 0.4) is 0 Å². The minimum absolute atomic E-state index is 0.0881. The third kappa shape index (κ3) is 6.94. The molecule has 7 nitrogen and oxygen atoms in total. The molecule has 3 rings (SSSR count). The number of hydrogen-bond acceptors (Lipinski definition) is 4. The molecule has 0 saturated carbocycles. The number of nitrogens with one attached hydrogen (secondary N) is 2. The van der Waals surface area contributed by atoms with Gasteiger partial charge >= 0.3 is 0 Å². The van der Waals surface area contributed by atoms with Gasteiger partial charge in [0.15, 0.2) is 5.96 Å². The van der Waals surface area contributed by atoms with Crippen LogP contribution in [0, 0.1) is 0 Å². The number of benzene rings is 1. The van der Waals surface area contributed by atoms with E-state index in [1.165, 1.54) is 5.56 Å². The lowest BCUT2D eigenvalue weighted by Gasteiger charge is -2.38. The van der Waals surface area contributed by atoms with Crippen LogP contribution in [0.25, 0.3) is 0 Å². The third-order valence-corrected chi connectivity index (χ3v) is 6.30. The minimum Gasteiger partial charge on any atom is -0.354 e. The molecule has 172 valence electrons. The lowest BCUT2D eigenvalue weighted by atomic mass is 10.0. The molecule has 2 saturated heterocycles. The van der Waals surface area contributed by atoms with Crippen LogP contribution in [0.1, 0.15) is 45.2 Å². The van der Waals surface area contributed by atoms with Gasteiger partial charge in [0.05, 0.1) is 6.54 Å². The van der Waals surface area contributed by atoms with Gasteiger partial charge in [-0.3, -0.25) is 14.7 Å². The summed E-state index contributed by atoms with van der Waals surface area (Å²) < 4.78 is 0. The van der Waals surface area contributed by atoms with Crippen molar-refractivity contribution in [1.82, 2.24) is 25.3 Å². The Labute approximate surface area is 187 Å². The second-order valence-corrected chi connectivity index (χ2v) is 9.41. The van der Waals surface area contributed by atoms with Crippen molar-refractivity contribution in [2.75, 3.05) is 59.4 Å². The molecule has 1 atom stereocenters. The highest BCUT2D eigenvalue weighted by molar-refractivity contribution is 5.80. The summed E-state index contributed by atoms with van der Waals surface area (Å²) in [6.45, 7) is 13.4. The van der Waals surface area contributed by atoms with Crippen molar-refractivity contribution >= 4 is 11.9 Å². The van der Waals surface area contributed by atoms with Gasteiger partial charge in [0.2, 0.25) is 5.91 Å². The van der Waals surface area contributed by atoms with Crippen LogP contribution in [0.2, 0.25) is 0 Å². The van der Waals surface area contributed by atoms with Crippen molar-refractivity contribution in [3.8, 4) is 0 Å². The second-order valence-electron chi connectivity index (χ2n) is 9.41. The summed E-state index contributed by atoms with van der Waals surface area (Å²) in [4.78, 5) is 23.5. The zero-order valence-electron chi connectivity index (χ0n) is 19.7. The molecule has 7 heteroatoms. The zero-order valence-corrected chi connectivity index (χ0v) is 19.7. The van der Waals surface area contributed by atoms with Crippen molar-refractivity contribution in [2.24, 2.45) is 4.99 Å². The van der Waals surface area contributed by atoms with Crippen molar-refractivity contribution in [2.45, 2.75) is 45.2 Å². The first kappa shape index (κ1) is 23.5. The van der Waals surface area contributed by atoms with Crippen molar-refractivity contribution < 1.29 is 4.79 Å². The van der Waals surface area contributed by atoms with Crippen LogP contribution in [0.15, 0.2) is 35.3 Å². The second kappa shape index (κ2) is 11.0. The topological polar surface area (TPSA) is 63.2 Å². The maximum atomic E-state index is 12.4. The molecule has 31 heavy (non-hydrogen) atoms. The number of hydrogen-bond donors (Lipinski definition) is 2. The minimum atomic E-state index is -0.0881. The lowest BCUT2D eigenvalue weighted by molar-refractivity contribution is -0.131. The third-order valence-electron chi connectivity index (χ3n) is 6.30. The van der Waals surface area contributed by atoms with Crippen LogP contribution >= 0.6 is 0 Å². The fraction of sp³-hybridized carbons (Fsp3) is 0.667. The van der Waals surface area contributed by atoms with E-state index in [0.29, 0.717) is 6.54 Å². The summed E-state index contributed by atoms with van der Waals surface area (Å²) in [5.74, 6) is 1.22. The Bertz CT molecular complexity index is 721. The molecule has 0 bridgehead atoms. The van der Waals surface area contributed by atoms with Gasteiger partial charge in [-0.2, -0.15) is 0 Å².